The molecule has 2 N–H and O–H groups in total. The molecule has 1 heterocycles. The van der Waals surface area contributed by atoms with Gasteiger partial charge in [-0.15, -0.1) is 12.4 Å². The van der Waals surface area contributed by atoms with Gasteiger partial charge in [0.25, 0.3) is 0 Å². The maximum atomic E-state index is 13.0. The molecule has 2 rings (SSSR count). The number of nitrogens with zero attached hydrogens (tertiary/aromatic N) is 1. The maximum Gasteiger partial charge on any atom is 0.123 e. The van der Waals surface area contributed by atoms with Crippen LogP contribution < -0.4 is 5.32 Å². The van der Waals surface area contributed by atoms with E-state index in [-0.39, 0.29) is 18.2 Å². The summed E-state index contributed by atoms with van der Waals surface area (Å²) in [5, 5.41) is 13.8. The third-order valence-electron chi connectivity index (χ3n) is 4.28. The van der Waals surface area contributed by atoms with Gasteiger partial charge in [-0.05, 0) is 55.5 Å². The Morgan fingerprint density at radius 3 is 2.35 bits per heavy atom. The van der Waals surface area contributed by atoms with E-state index in [1.165, 1.54) is 25.0 Å². The largest absolute Gasteiger partial charge is 0.387 e. The second-order valence-electron chi connectivity index (χ2n) is 6.87. The fourth-order valence-corrected chi connectivity index (χ4v) is 3.20. The number of rotatable bonds is 7. The molecule has 1 atom stereocenters. The van der Waals surface area contributed by atoms with Gasteiger partial charge in [-0.3, -0.25) is 4.90 Å². The number of aliphatic hydroxyl groups is 1. The van der Waals surface area contributed by atoms with Gasteiger partial charge in [-0.1, -0.05) is 26.0 Å². The average Bonchev–Trinajstić information content (AvgIpc) is 2.48. The second-order valence-corrected chi connectivity index (χ2v) is 6.87. The zero-order valence-corrected chi connectivity index (χ0v) is 15.0. The molecule has 0 aromatic heterocycles. The van der Waals surface area contributed by atoms with Crippen molar-refractivity contribution in [2.24, 2.45) is 11.8 Å². The van der Waals surface area contributed by atoms with Crippen LogP contribution >= 0.6 is 12.4 Å². The molecular weight excluding hydrogens is 315 g/mol. The molecule has 3 nitrogen and oxygen atoms in total. The van der Waals surface area contributed by atoms with Crippen LogP contribution in [0, 0.1) is 17.7 Å². The molecule has 132 valence electrons. The van der Waals surface area contributed by atoms with E-state index in [1.807, 2.05) is 0 Å². The van der Waals surface area contributed by atoms with Gasteiger partial charge in [-0.25, -0.2) is 4.39 Å². The fraction of sp³-hybridized carbons (Fsp3) is 0.667. The first-order chi connectivity index (χ1) is 10.5. The van der Waals surface area contributed by atoms with Gasteiger partial charge < -0.3 is 10.4 Å². The highest BCUT2D eigenvalue weighted by Crippen LogP contribution is 2.19. The molecule has 0 spiro atoms. The Hall–Kier alpha value is -0.680. The van der Waals surface area contributed by atoms with Crippen molar-refractivity contribution in [1.29, 1.82) is 0 Å². The number of nitrogens with one attached hydrogen (secondary N) is 1. The van der Waals surface area contributed by atoms with E-state index in [0.29, 0.717) is 18.4 Å². The zero-order valence-electron chi connectivity index (χ0n) is 14.2. The first kappa shape index (κ1) is 20.4. The average molecular weight is 345 g/mol. The van der Waals surface area contributed by atoms with Crippen molar-refractivity contribution in [3.8, 4) is 0 Å². The number of halogens is 2. The van der Waals surface area contributed by atoms with E-state index < -0.39 is 6.10 Å². The lowest BCUT2D eigenvalue weighted by Gasteiger charge is -2.32. The molecule has 1 fully saturated rings. The van der Waals surface area contributed by atoms with Crippen molar-refractivity contribution in [3.63, 3.8) is 0 Å². The van der Waals surface area contributed by atoms with Crippen LogP contribution in [0.15, 0.2) is 24.3 Å². The first-order valence-corrected chi connectivity index (χ1v) is 8.41. The molecule has 1 aromatic rings. The molecule has 0 bridgehead atoms. The van der Waals surface area contributed by atoms with Crippen molar-refractivity contribution >= 4 is 12.4 Å². The molecule has 1 aliphatic rings. The lowest BCUT2D eigenvalue weighted by atomic mass is 9.96. The quantitative estimate of drug-likeness (QED) is 0.797. The van der Waals surface area contributed by atoms with Crippen LogP contribution in [0.1, 0.15) is 38.4 Å². The molecule has 1 saturated heterocycles. The molecular formula is C18H30ClFN2O. The highest BCUT2D eigenvalue weighted by Gasteiger charge is 2.20. The van der Waals surface area contributed by atoms with Crippen molar-refractivity contribution in [2.45, 2.75) is 32.8 Å². The molecule has 1 aromatic carbocycles. The summed E-state index contributed by atoms with van der Waals surface area (Å²) < 4.78 is 13.0. The van der Waals surface area contributed by atoms with E-state index in [9.17, 15) is 9.50 Å². The van der Waals surface area contributed by atoms with Gasteiger partial charge in [0.05, 0.1) is 6.10 Å². The van der Waals surface area contributed by atoms with Crippen LogP contribution in [0.5, 0.6) is 0 Å². The molecule has 5 heteroatoms. The van der Waals surface area contributed by atoms with E-state index in [0.717, 1.165) is 31.7 Å². The molecule has 0 saturated carbocycles. The van der Waals surface area contributed by atoms with Crippen molar-refractivity contribution in [2.75, 3.05) is 32.7 Å². The van der Waals surface area contributed by atoms with Crippen molar-refractivity contribution < 1.29 is 9.50 Å². The van der Waals surface area contributed by atoms with E-state index >= 15 is 0 Å². The molecule has 23 heavy (non-hydrogen) atoms. The lowest BCUT2D eigenvalue weighted by molar-refractivity contribution is 0.0910. The molecule has 1 aliphatic heterocycles. The number of aliphatic hydroxyl groups excluding tert-OH is 1. The van der Waals surface area contributed by atoms with Gasteiger partial charge in [0.1, 0.15) is 5.82 Å². The van der Waals surface area contributed by atoms with Gasteiger partial charge >= 0.3 is 0 Å². The summed E-state index contributed by atoms with van der Waals surface area (Å²) in [7, 11) is 0. The SMILES string of the molecule is CC(C)CN(CC1CCNCC1)CC(O)c1ccc(F)cc1.Cl. The highest BCUT2D eigenvalue weighted by atomic mass is 35.5. The van der Waals surface area contributed by atoms with Gasteiger partial charge in [0.15, 0.2) is 0 Å². The molecule has 0 aliphatic carbocycles. The Bertz CT molecular complexity index is 435. The summed E-state index contributed by atoms with van der Waals surface area (Å²) in [6.07, 6.45) is 1.86. The first-order valence-electron chi connectivity index (χ1n) is 8.41. The minimum atomic E-state index is -0.555. The normalized spacial score (nSPS) is 17.3. The van der Waals surface area contributed by atoms with E-state index in [1.54, 1.807) is 12.1 Å². The number of piperidine rings is 1. The summed E-state index contributed by atoms with van der Waals surface area (Å²) in [6, 6.07) is 6.19. The summed E-state index contributed by atoms with van der Waals surface area (Å²) in [5.74, 6) is 1.02. The summed E-state index contributed by atoms with van der Waals surface area (Å²) in [5.41, 5.74) is 0.792. The standard InChI is InChI=1S/C18H29FN2O.ClH/c1-14(2)11-21(12-15-7-9-20-10-8-15)13-18(22)16-3-5-17(19)6-4-16;/h3-6,14-15,18,20,22H,7-13H2,1-2H3;1H. The smallest absolute Gasteiger partial charge is 0.123 e. The minimum absolute atomic E-state index is 0. The van der Waals surface area contributed by atoms with Gasteiger partial charge in [0, 0.05) is 19.6 Å². The molecule has 0 radical (unpaired) electrons. The number of hydrogen-bond donors (Lipinski definition) is 2. The Kier molecular flexibility index (Phi) is 9.07. The third-order valence-corrected chi connectivity index (χ3v) is 4.28. The number of hydrogen-bond acceptors (Lipinski definition) is 3. The molecule has 0 amide bonds. The maximum absolute atomic E-state index is 13.0. The number of benzene rings is 1. The van der Waals surface area contributed by atoms with Crippen LogP contribution in [0.25, 0.3) is 0 Å². The Labute approximate surface area is 145 Å². The van der Waals surface area contributed by atoms with Gasteiger partial charge in [-0.2, -0.15) is 0 Å². The molecule has 1 unspecified atom stereocenters. The fourth-order valence-electron chi connectivity index (χ4n) is 3.20. The second kappa shape index (κ2) is 10.2. The summed E-state index contributed by atoms with van der Waals surface area (Å²) in [6.45, 7) is 9.26. The van der Waals surface area contributed by atoms with Crippen LogP contribution in [-0.2, 0) is 0 Å². The van der Waals surface area contributed by atoms with Gasteiger partial charge in [0.2, 0.25) is 0 Å². The predicted octanol–water partition coefficient (Wildman–Crippen LogP) is 3.24. The van der Waals surface area contributed by atoms with Crippen LogP contribution in [0.2, 0.25) is 0 Å². The third kappa shape index (κ3) is 7.17. The topological polar surface area (TPSA) is 35.5 Å². The zero-order chi connectivity index (χ0) is 15.9. The van der Waals surface area contributed by atoms with Crippen LogP contribution in [0.3, 0.4) is 0 Å². The van der Waals surface area contributed by atoms with Crippen molar-refractivity contribution in [3.05, 3.63) is 35.6 Å². The summed E-state index contributed by atoms with van der Waals surface area (Å²) >= 11 is 0. The van der Waals surface area contributed by atoms with Crippen LogP contribution in [-0.4, -0.2) is 42.7 Å². The Morgan fingerprint density at radius 2 is 1.78 bits per heavy atom. The van der Waals surface area contributed by atoms with E-state index in [2.05, 4.69) is 24.1 Å². The van der Waals surface area contributed by atoms with Crippen molar-refractivity contribution in [1.82, 2.24) is 10.2 Å². The minimum Gasteiger partial charge on any atom is -0.387 e. The lowest BCUT2D eigenvalue weighted by Crippen LogP contribution is -2.39. The predicted molar refractivity (Wildman–Crippen MR) is 95.5 cm³/mol. The highest BCUT2D eigenvalue weighted by molar-refractivity contribution is 5.85. The Balaban J connectivity index is 0.00000264. The Morgan fingerprint density at radius 1 is 1.17 bits per heavy atom. The summed E-state index contributed by atoms with van der Waals surface area (Å²) in [4.78, 5) is 2.37. The van der Waals surface area contributed by atoms with Crippen LogP contribution in [0.4, 0.5) is 4.39 Å². The van der Waals surface area contributed by atoms with E-state index in [4.69, 9.17) is 0 Å². The monoisotopic (exact) mass is 344 g/mol.